The minimum Gasteiger partial charge on any atom is -1.00 e. The molecule has 1 heterocycles. The number of nitrogens with one attached hydrogen (secondary N) is 1. The normalized spacial score (nSPS) is 9.75. The number of rotatable bonds is 1. The summed E-state index contributed by atoms with van der Waals surface area (Å²) in [6.45, 7) is 0. The molecule has 0 radical (unpaired) electrons. The van der Waals surface area contributed by atoms with E-state index in [9.17, 15) is 0 Å². The molecule has 0 bridgehead atoms. The fourth-order valence-electron chi connectivity index (χ4n) is 1.16. The third kappa shape index (κ3) is 1.40. The van der Waals surface area contributed by atoms with E-state index < -0.39 is 0 Å². The summed E-state index contributed by atoms with van der Waals surface area (Å²) in [4.78, 5) is 3.12. The lowest BCUT2D eigenvalue weighted by molar-refractivity contribution is -0.651. The van der Waals surface area contributed by atoms with Gasteiger partial charge in [0.25, 0.3) is 0 Å². The number of imidazole rings is 1. The van der Waals surface area contributed by atoms with E-state index in [-0.39, 0.29) is 12.4 Å². The zero-order valence-corrected chi connectivity index (χ0v) is 7.81. The van der Waals surface area contributed by atoms with Crippen LogP contribution in [0.2, 0.25) is 0 Å². The van der Waals surface area contributed by atoms with Crippen LogP contribution in [0.1, 0.15) is 0 Å². The number of aromatic amines is 1. The Morgan fingerprint density at radius 1 is 1.33 bits per heavy atom. The Balaban J connectivity index is 0.000000720. The highest BCUT2D eigenvalue weighted by molar-refractivity contribution is 6.14. The fourth-order valence-corrected chi connectivity index (χ4v) is 1.36. The van der Waals surface area contributed by atoms with E-state index in [1.165, 1.54) is 0 Å². The zero-order valence-electron chi connectivity index (χ0n) is 6.30. The number of alkyl halides is 1. The maximum atomic E-state index is 5.69. The summed E-state index contributed by atoms with van der Waals surface area (Å²) in [6, 6.07) is 8.55. The van der Waals surface area contributed by atoms with Crippen LogP contribution < -0.4 is 17.0 Å². The molecular weight excluding hydrogens is 195 g/mol. The van der Waals surface area contributed by atoms with Gasteiger partial charge < -0.3 is 12.4 Å². The molecule has 2 rings (SSSR count). The second kappa shape index (κ2) is 3.78. The Hall–Kier alpha value is -0.730. The quantitative estimate of drug-likeness (QED) is 0.437. The molecule has 12 heavy (non-hydrogen) atoms. The number of para-hydroxylation sites is 2. The summed E-state index contributed by atoms with van der Waals surface area (Å²) in [5, 5.41) is 0. The van der Waals surface area contributed by atoms with Crippen LogP contribution in [0.15, 0.2) is 30.6 Å². The Morgan fingerprint density at radius 3 is 2.83 bits per heavy atom. The van der Waals surface area contributed by atoms with Gasteiger partial charge in [0.05, 0.1) is 0 Å². The number of H-pyrrole nitrogens is 1. The van der Waals surface area contributed by atoms with Crippen molar-refractivity contribution < 1.29 is 17.0 Å². The van der Waals surface area contributed by atoms with E-state index in [4.69, 9.17) is 11.6 Å². The van der Waals surface area contributed by atoms with E-state index in [0.29, 0.717) is 6.00 Å². The highest BCUT2D eigenvalue weighted by Crippen LogP contribution is 2.05. The highest BCUT2D eigenvalue weighted by Gasteiger charge is 2.05. The second-order valence-corrected chi connectivity index (χ2v) is 2.62. The molecule has 0 fully saturated rings. The molecule has 1 aromatic heterocycles. The van der Waals surface area contributed by atoms with Crippen molar-refractivity contribution in [2.45, 2.75) is 6.00 Å². The molecule has 64 valence electrons. The fraction of sp³-hybridized carbons (Fsp3) is 0.125. The standard InChI is InChI=1S/C8H7ClN2.ClH/c9-5-11-6-10-7-3-1-2-4-8(7)11;/h1-4,6H,5H2;1H. The topological polar surface area (TPSA) is 19.7 Å². The number of fused-ring (bicyclic) bond motifs is 1. The first-order valence-corrected chi connectivity index (χ1v) is 3.97. The van der Waals surface area contributed by atoms with Crippen LogP contribution >= 0.6 is 11.6 Å². The van der Waals surface area contributed by atoms with Crippen LogP contribution in [0.5, 0.6) is 0 Å². The smallest absolute Gasteiger partial charge is 0.243 e. The van der Waals surface area contributed by atoms with Gasteiger partial charge in [-0.2, -0.15) is 0 Å². The molecule has 1 N–H and O–H groups in total. The molecule has 0 unspecified atom stereocenters. The Bertz CT molecular complexity index is 370. The molecule has 0 aliphatic carbocycles. The van der Waals surface area contributed by atoms with E-state index in [1.807, 2.05) is 35.2 Å². The molecule has 4 heteroatoms. The number of nitrogens with zero attached hydrogens (tertiary/aromatic N) is 1. The van der Waals surface area contributed by atoms with Crippen molar-refractivity contribution in [3.63, 3.8) is 0 Å². The van der Waals surface area contributed by atoms with Crippen molar-refractivity contribution >= 4 is 22.6 Å². The van der Waals surface area contributed by atoms with Gasteiger partial charge in [-0.3, -0.25) is 0 Å². The molecule has 2 aromatic rings. The third-order valence-corrected chi connectivity index (χ3v) is 1.98. The first kappa shape index (κ1) is 9.36. The van der Waals surface area contributed by atoms with Gasteiger partial charge in [0.1, 0.15) is 0 Å². The van der Waals surface area contributed by atoms with Crippen molar-refractivity contribution in [1.82, 2.24) is 4.98 Å². The van der Waals surface area contributed by atoms with Gasteiger partial charge >= 0.3 is 0 Å². The summed E-state index contributed by atoms with van der Waals surface area (Å²) in [5.41, 5.74) is 2.26. The SMILES string of the molecule is ClC[n+]1c[nH]c2ccccc21.[Cl-]. The Kier molecular flexibility index (Phi) is 2.95. The Labute approximate surface area is 81.6 Å². The predicted molar refractivity (Wildman–Crippen MR) is 44.3 cm³/mol. The lowest BCUT2D eigenvalue weighted by Gasteiger charge is -1.86. The molecular formula is C8H8Cl2N2. The zero-order chi connectivity index (χ0) is 7.68. The maximum Gasteiger partial charge on any atom is 0.243 e. The van der Waals surface area contributed by atoms with Crippen molar-refractivity contribution in [3.8, 4) is 0 Å². The summed E-state index contributed by atoms with van der Waals surface area (Å²) in [6.07, 6.45) is 1.87. The minimum atomic E-state index is 0. The van der Waals surface area contributed by atoms with Gasteiger partial charge in [0, 0.05) is 0 Å². The van der Waals surface area contributed by atoms with Crippen molar-refractivity contribution in [2.75, 3.05) is 0 Å². The number of hydrogen-bond donors (Lipinski definition) is 1. The van der Waals surface area contributed by atoms with E-state index in [0.717, 1.165) is 11.0 Å². The summed E-state index contributed by atoms with van der Waals surface area (Å²) in [5.74, 6) is 0. The van der Waals surface area contributed by atoms with E-state index in [2.05, 4.69) is 4.98 Å². The first-order valence-electron chi connectivity index (χ1n) is 3.43. The Morgan fingerprint density at radius 2 is 2.08 bits per heavy atom. The molecule has 0 atom stereocenters. The molecule has 0 spiro atoms. The average molecular weight is 203 g/mol. The lowest BCUT2D eigenvalue weighted by atomic mass is 10.3. The van der Waals surface area contributed by atoms with Crippen molar-refractivity contribution in [3.05, 3.63) is 30.6 Å². The molecule has 1 aromatic carbocycles. The van der Waals surface area contributed by atoms with Crippen molar-refractivity contribution in [2.24, 2.45) is 0 Å². The van der Waals surface area contributed by atoms with Crippen LogP contribution in [0.4, 0.5) is 0 Å². The van der Waals surface area contributed by atoms with Crippen LogP contribution in [0.3, 0.4) is 0 Å². The molecule has 0 aliphatic rings. The van der Waals surface area contributed by atoms with E-state index >= 15 is 0 Å². The third-order valence-electron chi connectivity index (χ3n) is 1.72. The van der Waals surface area contributed by atoms with Crippen LogP contribution in [0, 0.1) is 0 Å². The van der Waals surface area contributed by atoms with Gasteiger partial charge in [0.2, 0.25) is 6.33 Å². The van der Waals surface area contributed by atoms with Crippen LogP contribution in [0.25, 0.3) is 11.0 Å². The summed E-state index contributed by atoms with van der Waals surface area (Å²) in [7, 11) is 0. The largest absolute Gasteiger partial charge is 1.00 e. The minimum absolute atomic E-state index is 0. The average Bonchev–Trinajstić information content (AvgIpc) is 2.47. The monoisotopic (exact) mass is 202 g/mol. The highest BCUT2D eigenvalue weighted by atomic mass is 35.5. The van der Waals surface area contributed by atoms with Crippen LogP contribution in [-0.4, -0.2) is 4.98 Å². The van der Waals surface area contributed by atoms with Gasteiger partial charge in [0.15, 0.2) is 17.0 Å². The van der Waals surface area contributed by atoms with Gasteiger partial charge in [-0.25, -0.2) is 9.55 Å². The number of aromatic nitrogens is 2. The van der Waals surface area contributed by atoms with E-state index in [1.54, 1.807) is 0 Å². The van der Waals surface area contributed by atoms with Gasteiger partial charge in [-0.15, -0.1) is 0 Å². The number of hydrogen-bond acceptors (Lipinski definition) is 0. The van der Waals surface area contributed by atoms with Gasteiger partial charge in [-0.1, -0.05) is 23.7 Å². The predicted octanol–water partition coefficient (Wildman–Crippen LogP) is -1.34. The molecule has 0 saturated carbocycles. The lowest BCUT2D eigenvalue weighted by Crippen LogP contribution is -3.00. The van der Waals surface area contributed by atoms with Crippen LogP contribution in [-0.2, 0) is 6.00 Å². The molecule has 0 amide bonds. The maximum absolute atomic E-state index is 5.69. The van der Waals surface area contributed by atoms with Gasteiger partial charge in [-0.05, 0) is 12.1 Å². The summed E-state index contributed by atoms with van der Waals surface area (Å²) >= 11 is 5.69. The summed E-state index contributed by atoms with van der Waals surface area (Å²) < 4.78 is 1.96. The number of halogens is 2. The van der Waals surface area contributed by atoms with Crippen molar-refractivity contribution in [1.29, 1.82) is 0 Å². The second-order valence-electron chi connectivity index (χ2n) is 2.38. The molecule has 0 aliphatic heterocycles. The number of benzene rings is 1. The molecule has 0 saturated heterocycles. The first-order chi connectivity index (χ1) is 5.42. The molecule has 2 nitrogen and oxygen atoms in total.